The van der Waals surface area contributed by atoms with Crippen LogP contribution in [0.5, 0.6) is 0 Å². The predicted molar refractivity (Wildman–Crippen MR) is 101 cm³/mol. The second-order valence-corrected chi connectivity index (χ2v) is 7.19. The first kappa shape index (κ1) is 17.7. The average molecular weight is 367 g/mol. The smallest absolute Gasteiger partial charge is 0.255 e. The first-order valence-corrected chi connectivity index (χ1v) is 9.25. The Kier molecular flexibility index (Phi) is 4.66. The van der Waals surface area contributed by atoms with Crippen molar-refractivity contribution in [3.63, 3.8) is 0 Å². The third kappa shape index (κ3) is 3.57. The molecule has 2 N–H and O–H groups in total. The number of aliphatic hydroxyl groups is 1. The highest BCUT2D eigenvalue weighted by molar-refractivity contribution is 6.00. The Morgan fingerprint density at radius 2 is 1.89 bits per heavy atom. The first-order valence-electron chi connectivity index (χ1n) is 9.25. The van der Waals surface area contributed by atoms with E-state index in [1.54, 1.807) is 18.2 Å². The number of aryl methyl sites for hydroxylation is 1. The molecule has 2 heterocycles. The highest BCUT2D eigenvalue weighted by Crippen LogP contribution is 2.23. The second-order valence-electron chi connectivity index (χ2n) is 7.19. The minimum Gasteiger partial charge on any atom is -0.393 e. The summed E-state index contributed by atoms with van der Waals surface area (Å²) in [6.07, 6.45) is 4.58. The zero-order valence-corrected chi connectivity index (χ0v) is 15.2. The normalized spacial score (nSPS) is 20.0. The molecule has 4 rings (SSSR count). The highest BCUT2D eigenvalue weighted by atomic mass is 19.1. The van der Waals surface area contributed by atoms with Crippen molar-refractivity contribution in [3.8, 4) is 11.3 Å². The van der Waals surface area contributed by atoms with Crippen LogP contribution in [-0.4, -0.2) is 32.5 Å². The molecule has 140 valence electrons. The minimum absolute atomic E-state index is 0.0808. The van der Waals surface area contributed by atoms with Gasteiger partial charge in [-0.1, -0.05) is 0 Å². The van der Waals surface area contributed by atoms with Gasteiger partial charge >= 0.3 is 0 Å². The standard InChI is InChI=1S/C21H22FN3O2/c1-13-12-19(14-2-4-15(22)5-3-14)24-20-18(10-11-25(13)20)21(27)23-16-6-8-17(26)9-7-16/h2-5,10-12,16-17,26H,6-9H2,1H3,(H,23,27). The van der Waals surface area contributed by atoms with Gasteiger partial charge in [-0.15, -0.1) is 0 Å². The summed E-state index contributed by atoms with van der Waals surface area (Å²) in [5, 5.41) is 12.7. The maximum Gasteiger partial charge on any atom is 0.255 e. The lowest BCUT2D eigenvalue weighted by Crippen LogP contribution is -2.38. The molecule has 1 aliphatic rings. The second kappa shape index (κ2) is 7.12. The molecule has 3 aromatic rings. The van der Waals surface area contributed by atoms with Crippen molar-refractivity contribution in [3.05, 3.63) is 59.7 Å². The maximum absolute atomic E-state index is 13.2. The van der Waals surface area contributed by atoms with Crippen molar-refractivity contribution in [2.75, 3.05) is 0 Å². The Balaban J connectivity index is 1.65. The van der Waals surface area contributed by atoms with Gasteiger partial charge in [-0.25, -0.2) is 9.37 Å². The molecule has 27 heavy (non-hydrogen) atoms. The molecule has 1 fully saturated rings. The number of nitrogens with one attached hydrogen (secondary N) is 1. The average Bonchev–Trinajstić information content (AvgIpc) is 3.09. The molecular weight excluding hydrogens is 345 g/mol. The summed E-state index contributed by atoms with van der Waals surface area (Å²) >= 11 is 0. The van der Waals surface area contributed by atoms with Gasteiger partial charge in [0, 0.05) is 23.5 Å². The maximum atomic E-state index is 13.2. The molecule has 2 aromatic heterocycles. The fourth-order valence-electron chi connectivity index (χ4n) is 3.67. The van der Waals surface area contributed by atoms with Crippen LogP contribution in [0.4, 0.5) is 4.39 Å². The molecule has 1 aromatic carbocycles. The summed E-state index contributed by atoms with van der Waals surface area (Å²) < 4.78 is 15.1. The number of amides is 1. The summed E-state index contributed by atoms with van der Waals surface area (Å²) in [6, 6.07) is 9.95. The minimum atomic E-state index is -0.295. The highest BCUT2D eigenvalue weighted by Gasteiger charge is 2.23. The number of carbonyl (C=O) groups is 1. The predicted octanol–water partition coefficient (Wildman–Crippen LogP) is 3.48. The number of fused-ring (bicyclic) bond motifs is 1. The van der Waals surface area contributed by atoms with Gasteiger partial charge in [0.1, 0.15) is 11.5 Å². The number of hydrogen-bond donors (Lipinski definition) is 2. The fourth-order valence-corrected chi connectivity index (χ4v) is 3.67. The molecule has 1 aliphatic carbocycles. The van der Waals surface area contributed by atoms with E-state index in [2.05, 4.69) is 10.3 Å². The van der Waals surface area contributed by atoms with E-state index in [1.807, 2.05) is 23.6 Å². The first-order chi connectivity index (χ1) is 13.0. The van der Waals surface area contributed by atoms with Gasteiger partial charge < -0.3 is 14.8 Å². The molecular formula is C21H22FN3O2. The monoisotopic (exact) mass is 367 g/mol. The molecule has 0 bridgehead atoms. The third-order valence-electron chi connectivity index (χ3n) is 5.23. The Morgan fingerprint density at radius 3 is 2.59 bits per heavy atom. The summed E-state index contributed by atoms with van der Waals surface area (Å²) in [5.74, 6) is -0.445. The molecule has 0 unspecified atom stereocenters. The lowest BCUT2D eigenvalue weighted by Gasteiger charge is -2.26. The van der Waals surface area contributed by atoms with Crippen LogP contribution in [0.15, 0.2) is 42.6 Å². The number of aliphatic hydroxyl groups excluding tert-OH is 1. The van der Waals surface area contributed by atoms with Crippen molar-refractivity contribution in [1.82, 2.24) is 14.7 Å². The van der Waals surface area contributed by atoms with Gasteiger partial charge in [0.2, 0.25) is 0 Å². The number of hydrogen-bond acceptors (Lipinski definition) is 3. The lowest BCUT2D eigenvalue weighted by atomic mass is 9.93. The van der Waals surface area contributed by atoms with Gasteiger partial charge in [-0.3, -0.25) is 4.79 Å². The van der Waals surface area contributed by atoms with Crippen LogP contribution in [0.2, 0.25) is 0 Å². The number of carbonyl (C=O) groups excluding carboxylic acids is 1. The largest absolute Gasteiger partial charge is 0.393 e. The zero-order chi connectivity index (χ0) is 19.0. The molecule has 0 radical (unpaired) electrons. The molecule has 0 aliphatic heterocycles. The molecule has 0 spiro atoms. The van der Waals surface area contributed by atoms with E-state index in [0.717, 1.165) is 24.1 Å². The van der Waals surface area contributed by atoms with Crippen molar-refractivity contribution >= 4 is 11.6 Å². The SMILES string of the molecule is Cc1cc(-c2ccc(F)cc2)nc2c(C(=O)NC3CCC(O)CC3)ccn12. The molecule has 6 heteroatoms. The Labute approximate surface area is 156 Å². The molecule has 0 saturated heterocycles. The Hall–Kier alpha value is -2.73. The summed E-state index contributed by atoms with van der Waals surface area (Å²) in [4.78, 5) is 17.5. The van der Waals surface area contributed by atoms with Gasteiger partial charge in [-0.05, 0) is 69.0 Å². The van der Waals surface area contributed by atoms with E-state index < -0.39 is 0 Å². The van der Waals surface area contributed by atoms with Crippen LogP contribution in [0.3, 0.4) is 0 Å². The van der Waals surface area contributed by atoms with Gasteiger partial charge in [0.25, 0.3) is 5.91 Å². The van der Waals surface area contributed by atoms with Crippen LogP contribution >= 0.6 is 0 Å². The Morgan fingerprint density at radius 1 is 1.19 bits per heavy atom. The Bertz CT molecular complexity index is 973. The van der Waals surface area contributed by atoms with Gasteiger partial charge in [0.15, 0.2) is 0 Å². The van der Waals surface area contributed by atoms with E-state index in [9.17, 15) is 14.3 Å². The molecule has 0 atom stereocenters. The van der Waals surface area contributed by atoms with E-state index in [1.165, 1.54) is 12.1 Å². The van der Waals surface area contributed by atoms with E-state index >= 15 is 0 Å². The lowest BCUT2D eigenvalue weighted by molar-refractivity contribution is 0.0869. The fraction of sp³-hybridized carbons (Fsp3) is 0.333. The molecule has 1 amide bonds. The summed E-state index contributed by atoms with van der Waals surface area (Å²) in [7, 11) is 0. The van der Waals surface area contributed by atoms with Gasteiger partial charge in [-0.2, -0.15) is 0 Å². The van der Waals surface area contributed by atoms with Crippen LogP contribution in [-0.2, 0) is 0 Å². The number of nitrogens with zero attached hydrogens (tertiary/aromatic N) is 2. The van der Waals surface area contributed by atoms with Crippen molar-refractivity contribution in [2.45, 2.75) is 44.8 Å². The number of rotatable bonds is 3. The van der Waals surface area contributed by atoms with Crippen LogP contribution < -0.4 is 5.32 Å². The number of benzene rings is 1. The number of halogens is 1. The quantitative estimate of drug-likeness (QED) is 0.745. The number of aromatic nitrogens is 2. The topological polar surface area (TPSA) is 66.6 Å². The van der Waals surface area contributed by atoms with Crippen molar-refractivity contribution in [1.29, 1.82) is 0 Å². The van der Waals surface area contributed by atoms with Crippen LogP contribution in [0.1, 0.15) is 41.7 Å². The molecule has 1 saturated carbocycles. The van der Waals surface area contributed by atoms with Crippen LogP contribution in [0.25, 0.3) is 16.9 Å². The van der Waals surface area contributed by atoms with Crippen LogP contribution in [0, 0.1) is 12.7 Å². The third-order valence-corrected chi connectivity index (χ3v) is 5.23. The van der Waals surface area contributed by atoms with E-state index in [4.69, 9.17) is 0 Å². The van der Waals surface area contributed by atoms with E-state index in [-0.39, 0.29) is 23.9 Å². The van der Waals surface area contributed by atoms with E-state index in [0.29, 0.717) is 29.7 Å². The van der Waals surface area contributed by atoms with Crippen molar-refractivity contribution in [2.24, 2.45) is 0 Å². The molecule has 5 nitrogen and oxygen atoms in total. The van der Waals surface area contributed by atoms with Crippen molar-refractivity contribution < 1.29 is 14.3 Å². The zero-order valence-electron chi connectivity index (χ0n) is 15.2. The van der Waals surface area contributed by atoms with Gasteiger partial charge in [0.05, 0.1) is 17.4 Å². The summed E-state index contributed by atoms with van der Waals surface area (Å²) in [5.41, 5.74) is 3.55. The summed E-state index contributed by atoms with van der Waals surface area (Å²) in [6.45, 7) is 1.95.